The van der Waals surface area contributed by atoms with Crippen molar-refractivity contribution in [2.45, 2.75) is 30.1 Å². The van der Waals surface area contributed by atoms with Crippen molar-refractivity contribution >= 4 is 39.0 Å². The lowest BCUT2D eigenvalue weighted by atomic mass is 10.0. The molecule has 0 saturated carbocycles. The Bertz CT molecular complexity index is 1390. The van der Waals surface area contributed by atoms with Crippen molar-refractivity contribution < 1.29 is 0 Å². The minimum absolute atomic E-state index is 0.145. The van der Waals surface area contributed by atoms with Gasteiger partial charge in [0.2, 0.25) is 0 Å². The maximum Gasteiger partial charge on any atom is 0.273 e. The van der Waals surface area contributed by atoms with Gasteiger partial charge in [-0.1, -0.05) is 62.0 Å². The molecular weight excluding hydrogens is 376 g/mol. The summed E-state index contributed by atoms with van der Waals surface area (Å²) in [5, 5.41) is 12.6. The van der Waals surface area contributed by atoms with Crippen molar-refractivity contribution in [2.75, 3.05) is 0 Å². The number of nitrogens with zero attached hydrogens (tertiary/aromatic N) is 2. The van der Waals surface area contributed by atoms with E-state index in [0.29, 0.717) is 16.7 Å². The molecule has 4 aromatic carbocycles. The molecule has 0 fully saturated rings. The van der Waals surface area contributed by atoms with Gasteiger partial charge in [-0.15, -0.1) is 0 Å². The van der Waals surface area contributed by atoms with E-state index >= 15 is 0 Å². The predicted octanol–water partition coefficient (Wildman–Crippen LogP) is 5.41. The molecule has 0 amide bonds. The van der Waals surface area contributed by atoms with Gasteiger partial charge in [-0.25, -0.2) is 10.1 Å². The fraction of sp³-hybridized carbons (Fsp3) is 0.160. The Balaban J connectivity index is 1.86. The maximum atomic E-state index is 12.9. The number of hydrogen-bond acceptors (Lipinski definition) is 3. The highest BCUT2D eigenvalue weighted by Crippen LogP contribution is 2.36. The summed E-state index contributed by atoms with van der Waals surface area (Å²) < 4.78 is 0. The summed E-state index contributed by atoms with van der Waals surface area (Å²) in [6, 6.07) is 20.0. The zero-order chi connectivity index (χ0) is 20.5. The van der Waals surface area contributed by atoms with E-state index in [9.17, 15) is 10.1 Å². The van der Waals surface area contributed by atoms with E-state index in [2.05, 4.69) is 43.0 Å². The average molecular weight is 394 g/mol. The van der Waals surface area contributed by atoms with Crippen LogP contribution in [0.5, 0.6) is 0 Å². The molecule has 0 radical (unpaired) electrons. The van der Waals surface area contributed by atoms with Gasteiger partial charge in [-0.3, -0.25) is 4.79 Å². The zero-order valence-corrected chi connectivity index (χ0v) is 17.0. The first-order chi connectivity index (χ1) is 14.0. The van der Waals surface area contributed by atoms with E-state index in [1.807, 2.05) is 30.3 Å². The van der Waals surface area contributed by atoms with Crippen LogP contribution in [0.15, 0.2) is 69.2 Å². The van der Waals surface area contributed by atoms with Crippen LogP contribution in [0, 0.1) is 23.8 Å². The number of rotatable bonds is 4. The normalized spacial score (nSPS) is 12.3. The molecule has 140 valence electrons. The Morgan fingerprint density at radius 2 is 1.79 bits per heavy atom. The van der Waals surface area contributed by atoms with Crippen LogP contribution >= 0.6 is 11.8 Å². The van der Waals surface area contributed by atoms with Gasteiger partial charge in [0, 0.05) is 25.8 Å². The number of nitriles is 1. The molecule has 4 heteroatoms. The molecular formula is C25H18N2OS. The van der Waals surface area contributed by atoms with E-state index in [1.54, 1.807) is 17.8 Å². The van der Waals surface area contributed by atoms with Gasteiger partial charge in [0.1, 0.15) is 0 Å². The SMILES string of the molecule is [C-]#[N+]/C(C#N)=c1\c(=O)c2cccc3c(Sc4ccc(CC(C)C)cc4)ccc1c32. The maximum absolute atomic E-state index is 12.9. The Morgan fingerprint density at radius 1 is 1.07 bits per heavy atom. The van der Waals surface area contributed by atoms with Crippen LogP contribution in [0.1, 0.15) is 19.4 Å². The van der Waals surface area contributed by atoms with Crippen LogP contribution in [-0.4, -0.2) is 0 Å². The van der Waals surface area contributed by atoms with Gasteiger partial charge in [0.25, 0.3) is 5.70 Å². The first kappa shape index (κ1) is 19.0. The van der Waals surface area contributed by atoms with Gasteiger partial charge >= 0.3 is 0 Å². The molecule has 0 aliphatic rings. The Hall–Kier alpha value is -3.34. The van der Waals surface area contributed by atoms with Gasteiger partial charge < -0.3 is 0 Å². The standard InChI is InChI=1S/C25H18N2OS/c1-15(2)13-16-7-9-17(10-8-16)29-22-12-11-19-23-18(22)5-4-6-20(23)25(28)24(19)21(14-26)27-3/h4-12,15H,13H2,1-2H3/b24-21-. The van der Waals surface area contributed by atoms with Crippen molar-refractivity contribution in [3.63, 3.8) is 0 Å². The lowest BCUT2D eigenvalue weighted by molar-refractivity contribution is 0.647. The summed E-state index contributed by atoms with van der Waals surface area (Å²) in [4.78, 5) is 18.3. The Labute approximate surface area is 173 Å². The molecule has 4 rings (SSSR count). The van der Waals surface area contributed by atoms with E-state index in [-0.39, 0.29) is 16.3 Å². The third-order valence-electron chi connectivity index (χ3n) is 4.99. The molecule has 0 N–H and O–H groups in total. The largest absolute Gasteiger partial charge is 0.290 e. The quantitative estimate of drug-likeness (QED) is 0.435. The molecule has 0 saturated heterocycles. The first-order valence-corrected chi connectivity index (χ1v) is 10.2. The molecule has 0 unspecified atom stereocenters. The molecule has 0 bridgehead atoms. The summed E-state index contributed by atoms with van der Waals surface area (Å²) >= 11 is 1.66. The van der Waals surface area contributed by atoms with Crippen molar-refractivity contribution in [1.29, 1.82) is 5.26 Å². The minimum atomic E-state index is -0.238. The van der Waals surface area contributed by atoms with Crippen molar-refractivity contribution in [2.24, 2.45) is 5.92 Å². The highest BCUT2D eigenvalue weighted by Gasteiger charge is 2.16. The second kappa shape index (κ2) is 7.59. The summed E-state index contributed by atoms with van der Waals surface area (Å²) in [5.41, 5.74) is 0.945. The smallest absolute Gasteiger partial charge is 0.273 e. The highest BCUT2D eigenvalue weighted by atomic mass is 32.2. The fourth-order valence-electron chi connectivity index (χ4n) is 3.79. The molecule has 0 aromatic heterocycles. The topological polar surface area (TPSA) is 45.2 Å². The van der Waals surface area contributed by atoms with E-state index in [0.717, 1.165) is 27.0 Å². The molecule has 0 aliphatic carbocycles. The minimum Gasteiger partial charge on any atom is -0.290 e. The molecule has 3 nitrogen and oxygen atoms in total. The van der Waals surface area contributed by atoms with E-state index in [4.69, 9.17) is 6.57 Å². The third-order valence-corrected chi connectivity index (χ3v) is 6.08. The zero-order valence-electron chi connectivity index (χ0n) is 16.2. The number of hydrogen-bond donors (Lipinski definition) is 0. The molecule has 0 aliphatic heterocycles. The van der Waals surface area contributed by atoms with Crippen LogP contribution in [0.2, 0.25) is 0 Å². The Kier molecular flexibility index (Phi) is 4.97. The summed E-state index contributed by atoms with van der Waals surface area (Å²) in [6.45, 7) is 11.7. The van der Waals surface area contributed by atoms with E-state index in [1.165, 1.54) is 5.56 Å². The molecule has 0 atom stereocenters. The third kappa shape index (κ3) is 3.33. The van der Waals surface area contributed by atoms with Gasteiger partial charge in [-0.2, -0.15) is 0 Å². The van der Waals surface area contributed by atoms with Crippen molar-refractivity contribution in [1.82, 2.24) is 0 Å². The van der Waals surface area contributed by atoms with Gasteiger partial charge in [-0.05, 0) is 46.9 Å². The average Bonchev–Trinajstić information content (AvgIpc) is 3.00. The van der Waals surface area contributed by atoms with Crippen LogP contribution in [0.25, 0.3) is 32.1 Å². The van der Waals surface area contributed by atoms with Crippen LogP contribution in [0.4, 0.5) is 0 Å². The molecule has 29 heavy (non-hydrogen) atoms. The monoisotopic (exact) mass is 394 g/mol. The lowest BCUT2D eigenvalue weighted by Gasteiger charge is -2.09. The van der Waals surface area contributed by atoms with Crippen LogP contribution in [0.3, 0.4) is 0 Å². The lowest BCUT2D eigenvalue weighted by Crippen LogP contribution is -2.21. The van der Waals surface area contributed by atoms with Gasteiger partial charge in [0.15, 0.2) is 5.43 Å². The molecule has 0 heterocycles. The fourth-order valence-corrected chi connectivity index (χ4v) is 4.73. The van der Waals surface area contributed by atoms with Crippen LogP contribution < -0.4 is 10.6 Å². The summed E-state index contributed by atoms with van der Waals surface area (Å²) in [6.07, 6.45) is 1.06. The number of benzene rings is 3. The first-order valence-electron chi connectivity index (χ1n) is 9.43. The van der Waals surface area contributed by atoms with Gasteiger partial charge in [0.05, 0.1) is 12.6 Å². The van der Waals surface area contributed by atoms with Crippen molar-refractivity contribution in [3.05, 3.63) is 87.0 Å². The summed E-state index contributed by atoms with van der Waals surface area (Å²) in [7, 11) is 0. The second-order valence-electron chi connectivity index (χ2n) is 7.46. The van der Waals surface area contributed by atoms with Crippen LogP contribution in [-0.2, 0) is 6.42 Å². The molecule has 4 aromatic rings. The van der Waals surface area contributed by atoms with E-state index < -0.39 is 0 Å². The summed E-state index contributed by atoms with van der Waals surface area (Å²) in [5.74, 6) is 0.624. The van der Waals surface area contributed by atoms with Crippen molar-refractivity contribution in [3.8, 4) is 6.07 Å². The molecule has 0 spiro atoms. The predicted molar refractivity (Wildman–Crippen MR) is 119 cm³/mol. The highest BCUT2D eigenvalue weighted by molar-refractivity contribution is 7.99. The Morgan fingerprint density at radius 3 is 2.45 bits per heavy atom. The second-order valence-corrected chi connectivity index (χ2v) is 8.58.